The molecule has 3 aromatic rings. The van der Waals surface area contributed by atoms with E-state index in [0.717, 1.165) is 39.5 Å². The van der Waals surface area contributed by atoms with Gasteiger partial charge in [-0.25, -0.2) is 0 Å². The van der Waals surface area contributed by atoms with Gasteiger partial charge in [0.2, 0.25) is 0 Å². The van der Waals surface area contributed by atoms with E-state index in [1.165, 1.54) is 36.2 Å². The van der Waals surface area contributed by atoms with Gasteiger partial charge in [-0.1, -0.05) is 95.6 Å². The van der Waals surface area contributed by atoms with Gasteiger partial charge in [0.1, 0.15) is 5.75 Å². The number of benzene rings is 3. The Kier molecular flexibility index (Phi) is 14.5. The van der Waals surface area contributed by atoms with E-state index in [9.17, 15) is 5.26 Å². The first-order valence-corrected chi connectivity index (χ1v) is 22.1. The van der Waals surface area contributed by atoms with Gasteiger partial charge in [-0.05, 0) is 16.8 Å². The molecule has 0 unspecified atom stereocenters. The van der Waals surface area contributed by atoms with Crippen molar-refractivity contribution < 1.29 is 18.9 Å². The molecule has 0 fully saturated rings. The van der Waals surface area contributed by atoms with Crippen molar-refractivity contribution in [3.05, 3.63) is 80.0 Å². The molecule has 0 bridgehead atoms. The monoisotopic (exact) mass is 763 g/mol. The van der Waals surface area contributed by atoms with E-state index < -0.39 is 0 Å². The average Bonchev–Trinajstić information content (AvgIpc) is 3.68. The van der Waals surface area contributed by atoms with Crippen LogP contribution in [0.4, 0.5) is 0 Å². The maximum absolute atomic E-state index is 9.18. The summed E-state index contributed by atoms with van der Waals surface area (Å²) in [7, 11) is 0. The van der Waals surface area contributed by atoms with E-state index in [1.807, 2.05) is 82.3 Å². The highest BCUT2D eigenvalue weighted by Crippen LogP contribution is 2.66. The Morgan fingerprint density at radius 2 is 1.17 bits per heavy atom. The third-order valence-electron chi connectivity index (χ3n) is 6.64. The molecule has 0 aromatic heterocycles. The number of fused-ring (bicyclic) bond motifs is 2. The molecule has 46 heavy (non-hydrogen) atoms. The Morgan fingerprint density at radius 1 is 0.652 bits per heavy atom. The Hall–Kier alpha value is -0.630. The van der Waals surface area contributed by atoms with Crippen LogP contribution in [-0.2, 0) is 14.2 Å². The van der Waals surface area contributed by atoms with E-state index >= 15 is 0 Å². The minimum atomic E-state index is 0.545. The molecule has 13 heteroatoms. The van der Waals surface area contributed by atoms with E-state index in [2.05, 4.69) is 60.7 Å². The van der Waals surface area contributed by atoms with Gasteiger partial charge < -0.3 is 18.9 Å². The fourth-order valence-electron chi connectivity index (χ4n) is 4.59. The molecule has 0 atom stereocenters. The first-order valence-electron chi connectivity index (χ1n) is 14.9. The number of rotatable bonds is 8. The van der Waals surface area contributed by atoms with Gasteiger partial charge in [-0.15, -0.1) is 47.0 Å². The minimum Gasteiger partial charge on any atom is -0.491 e. The summed E-state index contributed by atoms with van der Waals surface area (Å²) in [6.07, 6.45) is 0.545. The second kappa shape index (κ2) is 18.9. The largest absolute Gasteiger partial charge is 0.491 e. The second-order valence-corrected chi connectivity index (χ2v) is 19.8. The van der Waals surface area contributed by atoms with Crippen LogP contribution in [0.3, 0.4) is 0 Å². The van der Waals surface area contributed by atoms with Crippen LogP contribution in [0.25, 0.3) is 21.5 Å². The molecule has 0 saturated heterocycles. The molecule has 0 N–H and O–H groups in total. The first kappa shape index (κ1) is 35.2. The van der Waals surface area contributed by atoms with Crippen molar-refractivity contribution in [2.75, 3.05) is 69.3 Å². The number of thioether (sulfide) groups is 8. The van der Waals surface area contributed by atoms with E-state index in [-0.39, 0.29) is 0 Å². The van der Waals surface area contributed by atoms with E-state index in [4.69, 9.17) is 18.9 Å². The Balaban J connectivity index is 1.11. The van der Waals surface area contributed by atoms with Crippen molar-refractivity contribution in [3.63, 3.8) is 0 Å². The van der Waals surface area contributed by atoms with E-state index in [1.54, 1.807) is 11.8 Å². The van der Waals surface area contributed by atoms with Gasteiger partial charge in [-0.3, -0.25) is 0 Å². The first-order chi connectivity index (χ1) is 22.8. The second-order valence-electron chi connectivity index (χ2n) is 9.77. The molecule has 0 saturated carbocycles. The zero-order valence-electron chi connectivity index (χ0n) is 25.0. The Morgan fingerprint density at radius 3 is 1.76 bits per heavy atom. The van der Waals surface area contributed by atoms with Gasteiger partial charge in [0.15, 0.2) is 0 Å². The summed E-state index contributed by atoms with van der Waals surface area (Å²) < 4.78 is 31.7. The predicted molar refractivity (Wildman–Crippen MR) is 211 cm³/mol. The summed E-state index contributed by atoms with van der Waals surface area (Å²) in [6.45, 7) is 4.50. The van der Waals surface area contributed by atoms with Crippen LogP contribution >= 0.6 is 94.1 Å². The normalized spacial score (nSPS) is 18.9. The van der Waals surface area contributed by atoms with Gasteiger partial charge in [-0.2, -0.15) is 5.26 Å². The van der Waals surface area contributed by atoms with Crippen LogP contribution in [0.5, 0.6) is 5.75 Å². The van der Waals surface area contributed by atoms with Crippen LogP contribution in [0.2, 0.25) is 0 Å². The molecule has 0 amide bonds. The molecule has 0 spiro atoms. The SMILES string of the molecule is N#CCCSC1=C(SCCOc2c3ccccc3cc3ccccc23)SC(=C2SC3=C(SCCOCCOCCOCCS3)S2)S1. The standard InChI is InChI=1S/C33H33NO4S8/c34-10-5-18-39-28-29(42-21-17-38-27-25-8-3-1-6-23(25)22-24-7-2-4-9-26(24)27)44-32(43-28)33-45-30-31(46-33)41-20-16-37-14-12-35-11-13-36-15-19-40-30/h1-4,6-9,22H,5,11-21H2. The number of ether oxygens (including phenoxy) is 4. The quantitative estimate of drug-likeness (QED) is 0.162. The third kappa shape index (κ3) is 9.75. The van der Waals surface area contributed by atoms with Crippen LogP contribution in [0, 0.1) is 11.3 Å². The lowest BCUT2D eigenvalue weighted by Gasteiger charge is -2.13. The third-order valence-corrected chi connectivity index (χ3v) is 18.1. The van der Waals surface area contributed by atoms with Crippen molar-refractivity contribution in [2.24, 2.45) is 0 Å². The zero-order chi connectivity index (χ0) is 31.4. The number of nitrogens with zero attached hydrogens (tertiary/aromatic N) is 1. The van der Waals surface area contributed by atoms with Crippen molar-refractivity contribution >= 4 is 116 Å². The molecule has 0 aliphatic carbocycles. The van der Waals surface area contributed by atoms with Crippen LogP contribution in [0.1, 0.15) is 6.42 Å². The molecule has 3 aromatic carbocycles. The summed E-state index contributed by atoms with van der Waals surface area (Å²) in [5.74, 6) is 4.46. The Labute approximate surface area is 304 Å². The summed E-state index contributed by atoms with van der Waals surface area (Å²) in [5.41, 5.74) is 0. The summed E-state index contributed by atoms with van der Waals surface area (Å²) >= 11 is 15.0. The van der Waals surface area contributed by atoms with Crippen molar-refractivity contribution in [2.45, 2.75) is 6.42 Å². The maximum atomic E-state index is 9.18. The van der Waals surface area contributed by atoms with Crippen molar-refractivity contribution in [3.8, 4) is 11.8 Å². The summed E-state index contributed by atoms with van der Waals surface area (Å²) in [6, 6.07) is 21.5. The highest BCUT2D eigenvalue weighted by molar-refractivity contribution is 8.45. The molecule has 242 valence electrons. The lowest BCUT2D eigenvalue weighted by atomic mass is 10.0. The van der Waals surface area contributed by atoms with Gasteiger partial charge in [0.05, 0.1) is 77.7 Å². The molecular formula is C33H33NO4S8. The lowest BCUT2D eigenvalue weighted by Crippen LogP contribution is -2.11. The highest BCUT2D eigenvalue weighted by atomic mass is 32.3. The van der Waals surface area contributed by atoms with Crippen LogP contribution < -0.4 is 4.74 Å². The molecule has 3 aliphatic rings. The fraction of sp³-hybridized carbons (Fsp3) is 0.364. The van der Waals surface area contributed by atoms with Crippen molar-refractivity contribution in [1.29, 1.82) is 5.26 Å². The molecular weight excluding hydrogens is 731 g/mol. The average molecular weight is 764 g/mol. The topological polar surface area (TPSA) is 60.7 Å². The molecule has 0 radical (unpaired) electrons. The van der Waals surface area contributed by atoms with E-state index in [0.29, 0.717) is 52.7 Å². The molecule has 3 aliphatic heterocycles. The maximum Gasteiger partial charge on any atom is 0.134 e. The van der Waals surface area contributed by atoms with Gasteiger partial charge in [0, 0.05) is 40.2 Å². The number of hydrogen-bond donors (Lipinski definition) is 0. The van der Waals surface area contributed by atoms with Gasteiger partial charge >= 0.3 is 0 Å². The van der Waals surface area contributed by atoms with Gasteiger partial charge in [0.25, 0.3) is 0 Å². The minimum absolute atomic E-state index is 0.545. The fourth-order valence-corrected chi connectivity index (χ4v) is 16.2. The predicted octanol–water partition coefficient (Wildman–Crippen LogP) is 10.6. The van der Waals surface area contributed by atoms with Crippen molar-refractivity contribution in [1.82, 2.24) is 0 Å². The summed E-state index contributed by atoms with van der Waals surface area (Å²) in [4.78, 5) is 0. The molecule has 6 rings (SSSR count). The summed E-state index contributed by atoms with van der Waals surface area (Å²) in [5, 5.41) is 13.9. The number of nitriles is 1. The molecule has 5 nitrogen and oxygen atoms in total. The highest BCUT2D eigenvalue weighted by Gasteiger charge is 2.31. The number of hydrogen-bond acceptors (Lipinski definition) is 13. The Bertz CT molecular complexity index is 1570. The van der Waals surface area contributed by atoms with Crippen LogP contribution in [-0.4, -0.2) is 69.3 Å². The smallest absolute Gasteiger partial charge is 0.134 e. The molecule has 3 heterocycles. The zero-order valence-corrected chi connectivity index (χ0v) is 31.6. The van der Waals surface area contributed by atoms with Crippen LogP contribution in [0.15, 0.2) is 80.0 Å². The lowest BCUT2D eigenvalue weighted by molar-refractivity contribution is 0.0205.